The molecule has 7 nitrogen and oxygen atoms in total. The quantitative estimate of drug-likeness (QED) is 0.743. The number of carbonyl (C=O) groups is 2. The van der Waals surface area contributed by atoms with E-state index in [1.807, 2.05) is 36.3 Å². The number of aryl methyl sites for hydroxylation is 3. The molecule has 0 unspecified atom stereocenters. The summed E-state index contributed by atoms with van der Waals surface area (Å²) < 4.78 is 1.85. The number of fused-ring (bicyclic) bond motifs is 1. The van der Waals surface area contributed by atoms with Crippen molar-refractivity contribution in [3.63, 3.8) is 0 Å². The molecule has 0 aromatic carbocycles. The second kappa shape index (κ2) is 9.17. The van der Waals surface area contributed by atoms with E-state index in [9.17, 15) is 9.59 Å². The summed E-state index contributed by atoms with van der Waals surface area (Å²) in [5.41, 5.74) is 4.87. The predicted octanol–water partition coefficient (Wildman–Crippen LogP) is 2.50. The lowest BCUT2D eigenvalue weighted by molar-refractivity contribution is -0.130. The number of nitrogens with one attached hydrogen (secondary N) is 1. The van der Waals surface area contributed by atoms with E-state index in [0.29, 0.717) is 25.8 Å². The summed E-state index contributed by atoms with van der Waals surface area (Å²) in [6.45, 7) is 8.16. The normalized spacial score (nSPS) is 15.1. The number of hydrogen-bond donors (Lipinski definition) is 1. The molecule has 2 amide bonds. The maximum Gasteiger partial charge on any atom is 0.222 e. The molecular weight excluding hydrogens is 354 g/mol. The second-order valence-corrected chi connectivity index (χ2v) is 7.71. The van der Waals surface area contributed by atoms with Crippen molar-refractivity contribution in [3.05, 3.63) is 28.7 Å². The number of carbonyl (C=O) groups excluding carboxylic acids is 2. The van der Waals surface area contributed by atoms with Crippen molar-refractivity contribution in [1.29, 1.82) is 0 Å². The third-order valence-corrected chi connectivity index (χ3v) is 5.49. The van der Waals surface area contributed by atoms with Crippen molar-refractivity contribution >= 4 is 17.5 Å². The first-order chi connectivity index (χ1) is 13.5. The highest BCUT2D eigenvalue weighted by atomic mass is 16.2. The zero-order valence-electron chi connectivity index (χ0n) is 17.3. The average Bonchev–Trinajstić information content (AvgIpc) is 2.90. The Morgan fingerprint density at radius 2 is 2.04 bits per heavy atom. The Bertz CT molecular complexity index is 858. The standard InChI is InChI=1S/C21H31N5O2/c1-15-14-19-23-16(2)18(17(3)26(19)24-15)9-10-20(27)22-11-7-13-25-12-6-4-5-8-21(25)28/h14H,4-13H2,1-3H3,(H,22,27). The first-order valence-corrected chi connectivity index (χ1v) is 10.3. The zero-order chi connectivity index (χ0) is 20.1. The minimum absolute atomic E-state index is 0.0396. The number of likely N-dealkylation sites (tertiary alicyclic amines) is 1. The molecule has 3 heterocycles. The Morgan fingerprint density at radius 1 is 1.21 bits per heavy atom. The number of rotatable bonds is 7. The summed E-state index contributed by atoms with van der Waals surface area (Å²) in [6, 6.07) is 1.96. The van der Waals surface area contributed by atoms with Crippen LogP contribution in [0.15, 0.2) is 6.07 Å². The molecule has 0 saturated carbocycles. The molecule has 1 saturated heterocycles. The third kappa shape index (κ3) is 4.88. The van der Waals surface area contributed by atoms with Gasteiger partial charge in [0.2, 0.25) is 11.8 Å². The van der Waals surface area contributed by atoms with E-state index in [4.69, 9.17) is 0 Å². The van der Waals surface area contributed by atoms with Gasteiger partial charge in [-0.2, -0.15) is 5.10 Å². The van der Waals surface area contributed by atoms with Gasteiger partial charge in [-0.15, -0.1) is 0 Å². The minimum atomic E-state index is 0.0396. The molecule has 2 aromatic heterocycles. The average molecular weight is 386 g/mol. The largest absolute Gasteiger partial charge is 0.356 e. The van der Waals surface area contributed by atoms with E-state index in [1.54, 1.807) is 0 Å². The highest BCUT2D eigenvalue weighted by Crippen LogP contribution is 2.17. The van der Waals surface area contributed by atoms with Crippen LogP contribution in [0, 0.1) is 20.8 Å². The lowest BCUT2D eigenvalue weighted by atomic mass is 10.1. The summed E-state index contributed by atoms with van der Waals surface area (Å²) in [4.78, 5) is 30.8. The van der Waals surface area contributed by atoms with Crippen LogP contribution in [-0.4, -0.2) is 50.9 Å². The van der Waals surface area contributed by atoms with Gasteiger partial charge in [0.05, 0.1) is 5.69 Å². The Labute approximate surface area is 166 Å². The first kappa shape index (κ1) is 20.3. The van der Waals surface area contributed by atoms with Crippen LogP contribution in [0.3, 0.4) is 0 Å². The summed E-state index contributed by atoms with van der Waals surface area (Å²) in [7, 11) is 0. The number of aromatic nitrogens is 3. The Balaban J connectivity index is 1.45. The lowest BCUT2D eigenvalue weighted by Crippen LogP contribution is -2.34. The van der Waals surface area contributed by atoms with Crippen molar-refractivity contribution in [2.75, 3.05) is 19.6 Å². The van der Waals surface area contributed by atoms with Crippen LogP contribution in [0.2, 0.25) is 0 Å². The van der Waals surface area contributed by atoms with Crippen LogP contribution >= 0.6 is 0 Å². The van der Waals surface area contributed by atoms with E-state index >= 15 is 0 Å². The predicted molar refractivity (Wildman–Crippen MR) is 108 cm³/mol. The molecule has 1 fully saturated rings. The molecule has 1 aliphatic rings. The van der Waals surface area contributed by atoms with Gasteiger partial charge < -0.3 is 10.2 Å². The van der Waals surface area contributed by atoms with Crippen LogP contribution in [0.5, 0.6) is 0 Å². The molecule has 0 aliphatic carbocycles. The highest BCUT2D eigenvalue weighted by molar-refractivity contribution is 5.77. The Hall–Kier alpha value is -2.44. The highest BCUT2D eigenvalue weighted by Gasteiger charge is 2.16. The molecule has 0 spiro atoms. The summed E-state index contributed by atoms with van der Waals surface area (Å²) in [5.74, 6) is 0.296. The van der Waals surface area contributed by atoms with Gasteiger partial charge in [0.25, 0.3) is 0 Å². The maximum atomic E-state index is 12.2. The van der Waals surface area contributed by atoms with E-state index in [2.05, 4.69) is 15.4 Å². The van der Waals surface area contributed by atoms with E-state index < -0.39 is 0 Å². The zero-order valence-corrected chi connectivity index (χ0v) is 17.3. The van der Waals surface area contributed by atoms with Crippen LogP contribution in [-0.2, 0) is 16.0 Å². The number of nitrogens with zero attached hydrogens (tertiary/aromatic N) is 4. The van der Waals surface area contributed by atoms with Crippen molar-refractivity contribution < 1.29 is 9.59 Å². The van der Waals surface area contributed by atoms with Gasteiger partial charge in [-0.25, -0.2) is 9.50 Å². The molecule has 3 rings (SSSR count). The maximum absolute atomic E-state index is 12.2. The van der Waals surface area contributed by atoms with Crippen molar-refractivity contribution in [3.8, 4) is 0 Å². The molecular formula is C21H31N5O2. The SMILES string of the molecule is Cc1cc2nc(C)c(CCC(=O)NCCCN3CCCCCC3=O)c(C)n2n1. The van der Waals surface area contributed by atoms with Crippen molar-refractivity contribution in [1.82, 2.24) is 24.8 Å². The topological polar surface area (TPSA) is 79.6 Å². The van der Waals surface area contributed by atoms with Gasteiger partial charge in [-0.3, -0.25) is 9.59 Å². The van der Waals surface area contributed by atoms with Gasteiger partial charge >= 0.3 is 0 Å². The van der Waals surface area contributed by atoms with E-state index in [0.717, 1.165) is 67.1 Å². The second-order valence-electron chi connectivity index (χ2n) is 7.71. The fourth-order valence-electron chi connectivity index (χ4n) is 3.90. The molecule has 152 valence electrons. The van der Waals surface area contributed by atoms with Crippen LogP contribution in [0.4, 0.5) is 0 Å². The lowest BCUT2D eigenvalue weighted by Gasteiger charge is -2.20. The fraction of sp³-hybridized carbons (Fsp3) is 0.619. The van der Waals surface area contributed by atoms with Gasteiger partial charge in [-0.05, 0) is 52.0 Å². The van der Waals surface area contributed by atoms with Gasteiger partial charge in [0, 0.05) is 49.9 Å². The van der Waals surface area contributed by atoms with E-state index in [1.165, 1.54) is 0 Å². The molecule has 28 heavy (non-hydrogen) atoms. The summed E-state index contributed by atoms with van der Waals surface area (Å²) in [6.07, 6.45) is 5.77. The van der Waals surface area contributed by atoms with Crippen LogP contribution in [0.1, 0.15) is 61.2 Å². The van der Waals surface area contributed by atoms with Gasteiger partial charge in [-0.1, -0.05) is 6.42 Å². The Morgan fingerprint density at radius 3 is 2.86 bits per heavy atom. The smallest absolute Gasteiger partial charge is 0.222 e. The molecule has 0 radical (unpaired) electrons. The number of hydrogen-bond acceptors (Lipinski definition) is 4. The fourth-order valence-corrected chi connectivity index (χ4v) is 3.90. The molecule has 1 N–H and O–H groups in total. The summed E-state index contributed by atoms with van der Waals surface area (Å²) >= 11 is 0. The first-order valence-electron chi connectivity index (χ1n) is 10.3. The van der Waals surface area contributed by atoms with Crippen LogP contribution < -0.4 is 5.32 Å². The van der Waals surface area contributed by atoms with Gasteiger partial charge in [0.1, 0.15) is 0 Å². The number of amides is 2. The van der Waals surface area contributed by atoms with Gasteiger partial charge in [0.15, 0.2) is 5.65 Å². The van der Waals surface area contributed by atoms with Crippen molar-refractivity contribution in [2.45, 2.75) is 65.7 Å². The third-order valence-electron chi connectivity index (χ3n) is 5.49. The van der Waals surface area contributed by atoms with Crippen molar-refractivity contribution in [2.24, 2.45) is 0 Å². The Kier molecular flexibility index (Phi) is 6.65. The van der Waals surface area contributed by atoms with E-state index in [-0.39, 0.29) is 11.8 Å². The van der Waals surface area contributed by atoms with Crippen LogP contribution in [0.25, 0.3) is 5.65 Å². The molecule has 0 bridgehead atoms. The molecule has 7 heteroatoms. The summed E-state index contributed by atoms with van der Waals surface area (Å²) in [5, 5.41) is 7.46. The molecule has 2 aromatic rings. The molecule has 0 atom stereocenters. The minimum Gasteiger partial charge on any atom is -0.356 e. The monoisotopic (exact) mass is 385 g/mol. The molecule has 1 aliphatic heterocycles.